The monoisotopic (exact) mass is 434 g/mol. The number of aromatic nitrogens is 2. The van der Waals surface area contributed by atoms with Crippen molar-refractivity contribution in [1.29, 1.82) is 0 Å². The third kappa shape index (κ3) is 4.43. The number of carbonyl (C=O) groups is 4. The number of anilines is 2. The third-order valence-corrected chi connectivity index (χ3v) is 4.85. The van der Waals surface area contributed by atoms with Gasteiger partial charge in [-0.25, -0.2) is 9.59 Å². The van der Waals surface area contributed by atoms with Crippen molar-refractivity contribution in [2.24, 2.45) is 0 Å². The molecule has 10 nitrogen and oxygen atoms in total. The first-order chi connectivity index (χ1) is 15.3. The van der Waals surface area contributed by atoms with Crippen molar-refractivity contribution in [1.82, 2.24) is 9.97 Å². The molecule has 0 aliphatic carbocycles. The molecule has 6 N–H and O–H groups in total. The molecule has 2 aromatic carbocycles. The quantitative estimate of drug-likeness (QED) is 0.261. The molecule has 0 unspecified atom stereocenters. The summed E-state index contributed by atoms with van der Waals surface area (Å²) in [6, 6.07) is 12.8. The fourth-order valence-corrected chi connectivity index (χ4v) is 3.33. The Labute approximate surface area is 180 Å². The summed E-state index contributed by atoms with van der Waals surface area (Å²) in [6.07, 6.45) is -0.0973. The second kappa shape index (κ2) is 8.26. The van der Waals surface area contributed by atoms with E-state index in [1.54, 1.807) is 36.4 Å². The van der Waals surface area contributed by atoms with Crippen molar-refractivity contribution in [2.75, 3.05) is 10.6 Å². The van der Waals surface area contributed by atoms with Gasteiger partial charge in [0.05, 0.1) is 0 Å². The Morgan fingerprint density at radius 3 is 1.44 bits per heavy atom. The second-order valence-corrected chi connectivity index (χ2v) is 7.18. The van der Waals surface area contributed by atoms with E-state index in [2.05, 4.69) is 20.6 Å². The molecule has 32 heavy (non-hydrogen) atoms. The van der Waals surface area contributed by atoms with Gasteiger partial charge >= 0.3 is 11.9 Å². The number of nitrogens with one attached hydrogen (secondary N) is 4. The average molecular weight is 434 g/mol. The molecule has 0 spiro atoms. The van der Waals surface area contributed by atoms with Crippen molar-refractivity contribution < 1.29 is 29.4 Å². The summed E-state index contributed by atoms with van der Waals surface area (Å²) in [4.78, 5) is 52.0. The zero-order valence-corrected chi connectivity index (χ0v) is 16.6. The van der Waals surface area contributed by atoms with Crippen molar-refractivity contribution in [3.63, 3.8) is 0 Å². The standard InChI is InChI=1S/C22H18N4O6/c27-19(23-13-1-3-15-11(7-13)9-17(25-15)21(29)30)5-6-20(28)24-14-2-4-16-12(8-14)10-18(26-16)22(31)32/h1-4,7-10,25-26H,5-6H2,(H,23,27)(H,24,28)(H,29,30)(H,31,32). The number of hydrogen-bond acceptors (Lipinski definition) is 4. The number of carboxylic acids is 2. The van der Waals surface area contributed by atoms with E-state index in [4.69, 9.17) is 10.2 Å². The fraction of sp³-hybridized carbons (Fsp3) is 0.0909. The normalized spacial score (nSPS) is 10.9. The van der Waals surface area contributed by atoms with Gasteiger partial charge in [-0.1, -0.05) is 0 Å². The van der Waals surface area contributed by atoms with Gasteiger partial charge in [0.1, 0.15) is 11.4 Å². The van der Waals surface area contributed by atoms with Crippen molar-refractivity contribution in [2.45, 2.75) is 12.8 Å². The number of benzene rings is 2. The molecule has 162 valence electrons. The van der Waals surface area contributed by atoms with Crippen LogP contribution in [0.1, 0.15) is 33.8 Å². The number of fused-ring (bicyclic) bond motifs is 2. The molecule has 0 aliphatic rings. The Morgan fingerprint density at radius 1 is 0.656 bits per heavy atom. The van der Waals surface area contributed by atoms with Gasteiger partial charge in [0, 0.05) is 46.0 Å². The van der Waals surface area contributed by atoms with Gasteiger partial charge in [0.15, 0.2) is 0 Å². The van der Waals surface area contributed by atoms with Gasteiger partial charge in [0.2, 0.25) is 11.8 Å². The summed E-state index contributed by atoms with van der Waals surface area (Å²) in [6.45, 7) is 0. The van der Waals surface area contributed by atoms with E-state index >= 15 is 0 Å². The SMILES string of the molecule is O=C(CCC(=O)Nc1ccc2[nH]c(C(=O)O)cc2c1)Nc1ccc2[nH]c(C(=O)O)cc2c1. The molecule has 2 heterocycles. The third-order valence-electron chi connectivity index (χ3n) is 4.85. The molecule has 10 heteroatoms. The Kier molecular flexibility index (Phi) is 5.34. The predicted octanol–water partition coefficient (Wildman–Crippen LogP) is 3.40. The number of carboxylic acid groups (broad SMARTS) is 2. The van der Waals surface area contributed by atoms with E-state index in [-0.39, 0.29) is 36.0 Å². The van der Waals surface area contributed by atoms with Gasteiger partial charge in [-0.2, -0.15) is 0 Å². The lowest BCUT2D eigenvalue weighted by atomic mass is 10.2. The Bertz CT molecular complexity index is 1280. The molecule has 0 radical (unpaired) electrons. The van der Waals surface area contributed by atoms with E-state index in [0.29, 0.717) is 33.2 Å². The molecule has 4 aromatic rings. The molecule has 0 bridgehead atoms. The van der Waals surface area contributed by atoms with E-state index in [1.165, 1.54) is 12.1 Å². The topological polar surface area (TPSA) is 164 Å². The highest BCUT2D eigenvalue weighted by atomic mass is 16.4. The van der Waals surface area contributed by atoms with Gasteiger partial charge in [-0.05, 0) is 48.5 Å². The minimum atomic E-state index is -1.07. The van der Waals surface area contributed by atoms with Crippen LogP contribution in [-0.2, 0) is 9.59 Å². The highest BCUT2D eigenvalue weighted by Gasteiger charge is 2.12. The maximum Gasteiger partial charge on any atom is 0.352 e. The highest BCUT2D eigenvalue weighted by Crippen LogP contribution is 2.22. The average Bonchev–Trinajstić information content (AvgIpc) is 3.36. The number of aromatic carboxylic acids is 2. The lowest BCUT2D eigenvalue weighted by Crippen LogP contribution is -2.17. The molecule has 0 fully saturated rings. The summed E-state index contributed by atoms with van der Waals surface area (Å²) in [7, 11) is 0. The van der Waals surface area contributed by atoms with Crippen LogP contribution in [-0.4, -0.2) is 43.9 Å². The maximum atomic E-state index is 12.2. The summed E-state index contributed by atoms with van der Waals surface area (Å²) in [5.41, 5.74) is 2.36. The first-order valence-corrected chi connectivity index (χ1v) is 9.60. The first kappa shape index (κ1) is 20.7. The first-order valence-electron chi connectivity index (χ1n) is 9.60. The van der Waals surface area contributed by atoms with Crippen molar-refractivity contribution in [3.8, 4) is 0 Å². The van der Waals surface area contributed by atoms with E-state index in [1.807, 2.05) is 0 Å². The lowest BCUT2D eigenvalue weighted by Gasteiger charge is -2.07. The number of hydrogen-bond donors (Lipinski definition) is 6. The highest BCUT2D eigenvalue weighted by molar-refractivity contribution is 6.00. The van der Waals surface area contributed by atoms with Crippen LogP contribution >= 0.6 is 0 Å². The summed E-state index contributed by atoms with van der Waals surface area (Å²) >= 11 is 0. The van der Waals surface area contributed by atoms with E-state index in [9.17, 15) is 19.2 Å². The van der Waals surface area contributed by atoms with Crippen LogP contribution in [0.15, 0.2) is 48.5 Å². The largest absolute Gasteiger partial charge is 0.477 e. The molecule has 4 rings (SSSR count). The number of amides is 2. The Morgan fingerprint density at radius 2 is 1.06 bits per heavy atom. The van der Waals surface area contributed by atoms with Crippen LogP contribution in [0.25, 0.3) is 21.8 Å². The second-order valence-electron chi connectivity index (χ2n) is 7.18. The fourth-order valence-electron chi connectivity index (χ4n) is 3.33. The lowest BCUT2D eigenvalue weighted by molar-refractivity contribution is -0.121. The van der Waals surface area contributed by atoms with Crippen LogP contribution in [0.4, 0.5) is 11.4 Å². The molecule has 0 saturated heterocycles. The van der Waals surface area contributed by atoms with Crippen LogP contribution in [0.2, 0.25) is 0 Å². The van der Waals surface area contributed by atoms with Crippen molar-refractivity contribution in [3.05, 3.63) is 59.9 Å². The van der Waals surface area contributed by atoms with Gasteiger partial charge < -0.3 is 30.8 Å². The predicted molar refractivity (Wildman–Crippen MR) is 117 cm³/mol. The summed E-state index contributed by atoms with van der Waals surface area (Å²) in [5, 5.41) is 24.7. The molecule has 2 amide bonds. The number of rotatable bonds is 7. The maximum absolute atomic E-state index is 12.2. The smallest absolute Gasteiger partial charge is 0.352 e. The minimum absolute atomic E-state index is 0.0487. The molecule has 0 saturated carbocycles. The molecular formula is C22H18N4O6. The Balaban J connectivity index is 1.33. The van der Waals surface area contributed by atoms with Crippen LogP contribution in [0.5, 0.6) is 0 Å². The summed E-state index contributed by atoms with van der Waals surface area (Å²) in [5.74, 6) is -2.87. The molecular weight excluding hydrogens is 416 g/mol. The number of aromatic amines is 2. The minimum Gasteiger partial charge on any atom is -0.477 e. The van der Waals surface area contributed by atoms with Crippen LogP contribution < -0.4 is 10.6 Å². The molecule has 2 aromatic heterocycles. The van der Waals surface area contributed by atoms with E-state index in [0.717, 1.165) is 0 Å². The van der Waals surface area contributed by atoms with E-state index < -0.39 is 11.9 Å². The van der Waals surface area contributed by atoms with Gasteiger partial charge in [-0.3, -0.25) is 9.59 Å². The summed E-state index contributed by atoms with van der Waals surface area (Å²) < 4.78 is 0. The van der Waals surface area contributed by atoms with Crippen LogP contribution in [0.3, 0.4) is 0 Å². The molecule has 0 atom stereocenters. The van der Waals surface area contributed by atoms with Gasteiger partial charge in [0.25, 0.3) is 0 Å². The number of H-pyrrole nitrogens is 2. The van der Waals surface area contributed by atoms with Crippen LogP contribution in [0, 0.1) is 0 Å². The number of carbonyl (C=O) groups excluding carboxylic acids is 2. The Hall–Kier alpha value is -4.60. The zero-order chi connectivity index (χ0) is 22.8. The zero-order valence-electron chi connectivity index (χ0n) is 16.6. The van der Waals surface area contributed by atoms with Crippen molar-refractivity contribution >= 4 is 56.9 Å². The van der Waals surface area contributed by atoms with Gasteiger partial charge in [-0.15, -0.1) is 0 Å². The molecule has 0 aliphatic heterocycles.